The Morgan fingerprint density at radius 2 is 2.21 bits per heavy atom. The van der Waals surface area contributed by atoms with Gasteiger partial charge in [-0.25, -0.2) is 0 Å². The molecule has 1 N–H and O–H groups in total. The molecule has 0 bridgehead atoms. The molecule has 3 heteroatoms. The largest absolute Gasteiger partial charge is 0.493 e. The van der Waals surface area contributed by atoms with E-state index < -0.39 is 0 Å². The van der Waals surface area contributed by atoms with Crippen LogP contribution in [0, 0.1) is 0 Å². The lowest BCUT2D eigenvalue weighted by atomic mass is 10.0. The zero-order chi connectivity index (χ0) is 13.5. The molecule has 0 saturated carbocycles. The first-order valence-corrected chi connectivity index (χ1v) is 7.37. The number of aryl methyl sites for hydroxylation is 1. The molecule has 19 heavy (non-hydrogen) atoms. The van der Waals surface area contributed by atoms with Crippen LogP contribution in [0.25, 0.3) is 0 Å². The maximum absolute atomic E-state index is 5.65. The third kappa shape index (κ3) is 4.51. The molecule has 1 aliphatic heterocycles. The van der Waals surface area contributed by atoms with Crippen molar-refractivity contribution < 1.29 is 4.74 Å². The van der Waals surface area contributed by atoms with Gasteiger partial charge in [0.05, 0.1) is 6.61 Å². The standard InChI is InChI=1S/C16H26N2O/c1-17-9-3-4-10-18(2)13-14-7-8-16-15(12-14)6-5-11-19-16/h7-8,12,17H,3-6,9-11,13H2,1-2H3. The van der Waals surface area contributed by atoms with Crippen molar-refractivity contribution >= 4 is 0 Å². The highest BCUT2D eigenvalue weighted by Crippen LogP contribution is 2.25. The molecule has 0 aliphatic carbocycles. The molecule has 0 saturated heterocycles. The van der Waals surface area contributed by atoms with Crippen molar-refractivity contribution in [2.45, 2.75) is 32.2 Å². The molecule has 1 aromatic rings. The minimum Gasteiger partial charge on any atom is -0.493 e. The van der Waals surface area contributed by atoms with E-state index >= 15 is 0 Å². The van der Waals surface area contributed by atoms with Gasteiger partial charge in [0.25, 0.3) is 0 Å². The molecular formula is C16H26N2O. The first kappa shape index (κ1) is 14.4. The van der Waals surface area contributed by atoms with Crippen molar-refractivity contribution in [3.05, 3.63) is 29.3 Å². The third-order valence-corrected chi connectivity index (χ3v) is 3.64. The summed E-state index contributed by atoms with van der Waals surface area (Å²) in [6.45, 7) is 4.18. The Bertz CT molecular complexity index is 392. The van der Waals surface area contributed by atoms with Crippen LogP contribution in [-0.4, -0.2) is 38.7 Å². The van der Waals surface area contributed by atoms with Gasteiger partial charge < -0.3 is 15.0 Å². The number of benzene rings is 1. The van der Waals surface area contributed by atoms with Crippen LogP contribution in [0.4, 0.5) is 0 Å². The molecular weight excluding hydrogens is 236 g/mol. The smallest absolute Gasteiger partial charge is 0.122 e. The van der Waals surface area contributed by atoms with E-state index in [1.54, 1.807) is 0 Å². The summed E-state index contributed by atoms with van der Waals surface area (Å²) in [6, 6.07) is 6.66. The van der Waals surface area contributed by atoms with Crippen molar-refractivity contribution in [3.63, 3.8) is 0 Å². The molecule has 0 unspecified atom stereocenters. The van der Waals surface area contributed by atoms with Crippen LogP contribution in [0.1, 0.15) is 30.4 Å². The van der Waals surface area contributed by atoms with Crippen molar-refractivity contribution in [2.24, 2.45) is 0 Å². The van der Waals surface area contributed by atoms with Gasteiger partial charge in [-0.15, -0.1) is 0 Å². The Morgan fingerprint density at radius 1 is 1.32 bits per heavy atom. The first-order chi connectivity index (χ1) is 9.29. The number of hydrogen-bond acceptors (Lipinski definition) is 3. The predicted octanol–water partition coefficient (Wildman–Crippen LogP) is 2.44. The van der Waals surface area contributed by atoms with Gasteiger partial charge in [0.15, 0.2) is 0 Å². The summed E-state index contributed by atoms with van der Waals surface area (Å²) < 4.78 is 5.65. The lowest BCUT2D eigenvalue weighted by Gasteiger charge is -2.20. The second-order valence-electron chi connectivity index (χ2n) is 5.44. The highest BCUT2D eigenvalue weighted by Gasteiger charge is 2.11. The second-order valence-corrected chi connectivity index (χ2v) is 5.44. The summed E-state index contributed by atoms with van der Waals surface area (Å²) in [6.07, 6.45) is 4.82. The fraction of sp³-hybridized carbons (Fsp3) is 0.625. The van der Waals surface area contributed by atoms with E-state index in [0.717, 1.165) is 44.8 Å². The normalized spacial score (nSPS) is 14.3. The van der Waals surface area contributed by atoms with Crippen molar-refractivity contribution in [2.75, 3.05) is 33.8 Å². The fourth-order valence-corrected chi connectivity index (χ4v) is 2.59. The first-order valence-electron chi connectivity index (χ1n) is 7.37. The summed E-state index contributed by atoms with van der Waals surface area (Å²) in [5.41, 5.74) is 2.78. The number of nitrogens with one attached hydrogen (secondary N) is 1. The molecule has 0 amide bonds. The SMILES string of the molecule is CNCCCCN(C)Cc1ccc2c(c1)CCCO2. The molecule has 1 heterocycles. The Morgan fingerprint density at radius 3 is 3.05 bits per heavy atom. The minimum absolute atomic E-state index is 0.873. The lowest BCUT2D eigenvalue weighted by Crippen LogP contribution is -2.20. The molecule has 1 aromatic carbocycles. The maximum atomic E-state index is 5.65. The average Bonchev–Trinajstić information content (AvgIpc) is 2.43. The molecule has 2 rings (SSSR count). The average molecular weight is 262 g/mol. The van der Waals surface area contributed by atoms with E-state index in [-0.39, 0.29) is 0 Å². The number of hydrogen-bond donors (Lipinski definition) is 1. The van der Waals surface area contributed by atoms with Gasteiger partial charge in [0, 0.05) is 6.54 Å². The van der Waals surface area contributed by atoms with E-state index in [4.69, 9.17) is 4.74 Å². The molecule has 1 aliphatic rings. The monoisotopic (exact) mass is 262 g/mol. The van der Waals surface area contributed by atoms with E-state index in [1.807, 2.05) is 7.05 Å². The molecule has 0 radical (unpaired) electrons. The Kier molecular flexibility index (Phi) is 5.67. The summed E-state index contributed by atoms with van der Waals surface area (Å²) in [4.78, 5) is 2.40. The van der Waals surface area contributed by atoms with Crippen LogP contribution in [0.2, 0.25) is 0 Å². The quantitative estimate of drug-likeness (QED) is 0.764. The molecule has 0 spiro atoms. The number of rotatable bonds is 7. The molecule has 106 valence electrons. The van der Waals surface area contributed by atoms with Gasteiger partial charge in [-0.1, -0.05) is 12.1 Å². The van der Waals surface area contributed by atoms with E-state index in [9.17, 15) is 0 Å². The molecule has 3 nitrogen and oxygen atoms in total. The number of unbranched alkanes of at least 4 members (excludes halogenated alkanes) is 1. The number of fused-ring (bicyclic) bond motifs is 1. The minimum atomic E-state index is 0.873. The van der Waals surface area contributed by atoms with Gasteiger partial charge in [-0.3, -0.25) is 0 Å². The summed E-state index contributed by atoms with van der Waals surface area (Å²) in [5.74, 6) is 1.09. The Hall–Kier alpha value is -1.06. The van der Waals surface area contributed by atoms with Crippen molar-refractivity contribution in [1.29, 1.82) is 0 Å². The van der Waals surface area contributed by atoms with E-state index in [2.05, 4.69) is 35.5 Å². The van der Waals surface area contributed by atoms with Crippen molar-refractivity contribution in [1.82, 2.24) is 10.2 Å². The Balaban J connectivity index is 1.81. The highest BCUT2D eigenvalue weighted by atomic mass is 16.5. The molecule has 0 fully saturated rings. The maximum Gasteiger partial charge on any atom is 0.122 e. The zero-order valence-electron chi connectivity index (χ0n) is 12.2. The van der Waals surface area contributed by atoms with Crippen LogP contribution in [0.5, 0.6) is 5.75 Å². The van der Waals surface area contributed by atoms with Gasteiger partial charge >= 0.3 is 0 Å². The third-order valence-electron chi connectivity index (χ3n) is 3.64. The number of ether oxygens (including phenoxy) is 1. The van der Waals surface area contributed by atoms with Gasteiger partial charge in [0.2, 0.25) is 0 Å². The van der Waals surface area contributed by atoms with Crippen LogP contribution < -0.4 is 10.1 Å². The van der Waals surface area contributed by atoms with Crippen molar-refractivity contribution in [3.8, 4) is 5.75 Å². The van der Waals surface area contributed by atoms with Crippen LogP contribution in [-0.2, 0) is 13.0 Å². The van der Waals surface area contributed by atoms with Crippen LogP contribution in [0.3, 0.4) is 0 Å². The van der Waals surface area contributed by atoms with Gasteiger partial charge in [0.1, 0.15) is 5.75 Å². The second kappa shape index (κ2) is 7.51. The lowest BCUT2D eigenvalue weighted by molar-refractivity contribution is 0.287. The van der Waals surface area contributed by atoms with Gasteiger partial charge in [-0.05, 0) is 70.1 Å². The Labute approximate surface area is 116 Å². The molecule has 0 atom stereocenters. The topological polar surface area (TPSA) is 24.5 Å². The summed E-state index contributed by atoms with van der Waals surface area (Å²) in [5, 5.41) is 3.19. The van der Waals surface area contributed by atoms with E-state index in [0.29, 0.717) is 0 Å². The van der Waals surface area contributed by atoms with Gasteiger partial charge in [-0.2, -0.15) is 0 Å². The molecule has 0 aromatic heterocycles. The summed E-state index contributed by atoms with van der Waals surface area (Å²) >= 11 is 0. The van der Waals surface area contributed by atoms with E-state index in [1.165, 1.54) is 24.0 Å². The van der Waals surface area contributed by atoms with Crippen LogP contribution in [0.15, 0.2) is 18.2 Å². The zero-order valence-corrected chi connectivity index (χ0v) is 12.2. The van der Waals surface area contributed by atoms with Crippen LogP contribution >= 0.6 is 0 Å². The predicted molar refractivity (Wildman–Crippen MR) is 79.8 cm³/mol. The summed E-state index contributed by atoms with van der Waals surface area (Å²) in [7, 11) is 4.22. The fourth-order valence-electron chi connectivity index (χ4n) is 2.59. The number of nitrogens with zero attached hydrogens (tertiary/aromatic N) is 1. The highest BCUT2D eigenvalue weighted by molar-refractivity contribution is 5.38.